The SMILES string of the molecule is NC1CCN(C(=O)CC2Nc3cc(C(F)(F)F)cc(C(F)(F)F)c3N2)CC1. The van der Waals surface area contributed by atoms with Crippen LogP contribution in [0.2, 0.25) is 0 Å². The second kappa shape index (κ2) is 6.77. The lowest BCUT2D eigenvalue weighted by Crippen LogP contribution is -2.44. The summed E-state index contributed by atoms with van der Waals surface area (Å²) in [6, 6.07) is 0.697. The number of carbonyl (C=O) groups excluding carboxylic acids is 1. The molecule has 1 atom stereocenters. The second-order valence-electron chi connectivity index (χ2n) is 6.71. The number of nitrogens with zero attached hydrogens (tertiary/aromatic N) is 1. The number of nitrogens with two attached hydrogens (primary N) is 1. The summed E-state index contributed by atoms with van der Waals surface area (Å²) in [6.07, 6.45) is -9.75. The number of piperidine rings is 1. The van der Waals surface area contributed by atoms with Crippen molar-refractivity contribution in [1.82, 2.24) is 4.90 Å². The molecule has 1 aromatic rings. The van der Waals surface area contributed by atoms with E-state index in [2.05, 4.69) is 10.6 Å². The lowest BCUT2D eigenvalue weighted by molar-refractivity contribution is -0.142. The van der Waals surface area contributed by atoms with Gasteiger partial charge in [-0.25, -0.2) is 0 Å². The number of nitrogens with one attached hydrogen (secondary N) is 2. The number of carbonyl (C=O) groups is 1. The minimum Gasteiger partial charge on any atom is -0.363 e. The fourth-order valence-electron chi connectivity index (χ4n) is 3.25. The molecule has 11 heteroatoms. The first-order valence-electron chi connectivity index (χ1n) is 8.34. The molecule has 0 aromatic heterocycles. The van der Waals surface area contributed by atoms with Crippen molar-refractivity contribution in [2.45, 2.75) is 43.8 Å². The summed E-state index contributed by atoms with van der Waals surface area (Å²) >= 11 is 0. The van der Waals surface area contributed by atoms with E-state index < -0.39 is 35.3 Å². The van der Waals surface area contributed by atoms with Gasteiger partial charge in [0, 0.05) is 19.1 Å². The third-order valence-corrected chi connectivity index (χ3v) is 4.69. The average molecular weight is 396 g/mol. The van der Waals surface area contributed by atoms with E-state index in [1.54, 1.807) is 4.90 Å². The number of hydrogen-bond donors (Lipinski definition) is 3. The van der Waals surface area contributed by atoms with Gasteiger partial charge in [0.15, 0.2) is 0 Å². The number of hydrogen-bond acceptors (Lipinski definition) is 4. The molecule has 2 aliphatic heterocycles. The van der Waals surface area contributed by atoms with Gasteiger partial charge in [-0.1, -0.05) is 0 Å². The van der Waals surface area contributed by atoms with Gasteiger partial charge in [0.1, 0.15) is 6.17 Å². The number of amides is 1. The fourth-order valence-corrected chi connectivity index (χ4v) is 3.25. The van der Waals surface area contributed by atoms with Gasteiger partial charge in [0.25, 0.3) is 0 Å². The normalized spacial score (nSPS) is 20.9. The van der Waals surface area contributed by atoms with Crippen molar-refractivity contribution in [3.8, 4) is 0 Å². The van der Waals surface area contributed by atoms with Gasteiger partial charge in [-0.15, -0.1) is 0 Å². The third-order valence-electron chi connectivity index (χ3n) is 4.69. The number of alkyl halides is 6. The van der Waals surface area contributed by atoms with Gasteiger partial charge < -0.3 is 21.3 Å². The molecule has 150 valence electrons. The van der Waals surface area contributed by atoms with Gasteiger partial charge in [-0.05, 0) is 25.0 Å². The van der Waals surface area contributed by atoms with Crippen LogP contribution in [-0.4, -0.2) is 36.1 Å². The summed E-state index contributed by atoms with van der Waals surface area (Å²) in [4.78, 5) is 13.9. The Labute approximate surface area is 150 Å². The van der Waals surface area contributed by atoms with Crippen LogP contribution >= 0.6 is 0 Å². The van der Waals surface area contributed by atoms with E-state index in [1.807, 2.05) is 0 Å². The van der Waals surface area contributed by atoms with Crippen LogP contribution < -0.4 is 16.4 Å². The first-order chi connectivity index (χ1) is 12.4. The first-order valence-corrected chi connectivity index (χ1v) is 8.34. The molecule has 1 amide bonds. The first kappa shape index (κ1) is 19.6. The number of fused-ring (bicyclic) bond motifs is 1. The molecule has 4 N–H and O–H groups in total. The monoisotopic (exact) mass is 396 g/mol. The topological polar surface area (TPSA) is 70.4 Å². The number of benzene rings is 1. The fraction of sp³-hybridized carbons (Fsp3) is 0.562. The molecule has 1 fully saturated rings. The maximum atomic E-state index is 13.2. The van der Waals surface area contributed by atoms with Crippen molar-refractivity contribution in [3.63, 3.8) is 0 Å². The number of anilines is 2. The quantitative estimate of drug-likeness (QED) is 0.672. The Balaban J connectivity index is 1.78. The predicted molar refractivity (Wildman–Crippen MR) is 85.9 cm³/mol. The highest BCUT2D eigenvalue weighted by atomic mass is 19.4. The van der Waals surface area contributed by atoms with Crippen LogP contribution in [0.3, 0.4) is 0 Å². The molecule has 27 heavy (non-hydrogen) atoms. The van der Waals surface area contributed by atoms with Crippen LogP contribution in [0.1, 0.15) is 30.4 Å². The van der Waals surface area contributed by atoms with Crippen LogP contribution in [0.15, 0.2) is 12.1 Å². The Hall–Kier alpha value is -2.17. The van der Waals surface area contributed by atoms with Gasteiger partial charge in [0.05, 0.1) is 28.9 Å². The van der Waals surface area contributed by atoms with E-state index in [9.17, 15) is 31.1 Å². The number of rotatable bonds is 2. The highest BCUT2D eigenvalue weighted by Crippen LogP contribution is 2.45. The Morgan fingerprint density at radius 2 is 1.70 bits per heavy atom. The third kappa shape index (κ3) is 4.23. The van der Waals surface area contributed by atoms with E-state index in [4.69, 9.17) is 5.73 Å². The number of likely N-dealkylation sites (tertiary alicyclic amines) is 1. The molecule has 0 spiro atoms. The summed E-state index contributed by atoms with van der Waals surface area (Å²) in [5.41, 5.74) is 2.14. The average Bonchev–Trinajstić information content (AvgIpc) is 2.94. The number of halogens is 6. The van der Waals surface area contributed by atoms with Crippen LogP contribution in [0, 0.1) is 0 Å². The molecular formula is C16H18F6N4O. The molecule has 3 rings (SSSR count). The second-order valence-corrected chi connectivity index (χ2v) is 6.71. The van der Waals surface area contributed by atoms with Crippen molar-refractivity contribution in [2.75, 3.05) is 23.7 Å². The molecule has 0 saturated carbocycles. The Bertz CT molecular complexity index is 725. The highest BCUT2D eigenvalue weighted by Gasteiger charge is 2.42. The molecular weight excluding hydrogens is 378 g/mol. The van der Waals surface area contributed by atoms with E-state index in [0.29, 0.717) is 32.0 Å². The van der Waals surface area contributed by atoms with Crippen molar-refractivity contribution < 1.29 is 31.1 Å². The molecule has 0 radical (unpaired) electrons. The van der Waals surface area contributed by atoms with Crippen molar-refractivity contribution in [3.05, 3.63) is 23.3 Å². The molecule has 1 unspecified atom stereocenters. The zero-order valence-electron chi connectivity index (χ0n) is 14.0. The van der Waals surface area contributed by atoms with Crippen LogP contribution in [0.4, 0.5) is 37.7 Å². The minimum absolute atomic E-state index is 0.0103. The van der Waals surface area contributed by atoms with Gasteiger partial charge >= 0.3 is 12.4 Å². The summed E-state index contributed by atoms with van der Waals surface area (Å²) in [7, 11) is 0. The Morgan fingerprint density at radius 1 is 1.07 bits per heavy atom. The lowest BCUT2D eigenvalue weighted by atomic mass is 10.1. The highest BCUT2D eigenvalue weighted by molar-refractivity contribution is 5.83. The van der Waals surface area contributed by atoms with E-state index in [1.165, 1.54) is 0 Å². The summed E-state index contributed by atoms with van der Waals surface area (Å²) in [5, 5.41) is 5.05. The smallest absolute Gasteiger partial charge is 0.363 e. The predicted octanol–water partition coefficient (Wildman–Crippen LogP) is 3.23. The summed E-state index contributed by atoms with van der Waals surface area (Å²) in [5.74, 6) is -0.302. The van der Waals surface area contributed by atoms with Crippen LogP contribution in [0.5, 0.6) is 0 Å². The van der Waals surface area contributed by atoms with E-state index in [0.717, 1.165) is 0 Å². The molecule has 2 heterocycles. The maximum absolute atomic E-state index is 13.2. The molecule has 2 aliphatic rings. The van der Waals surface area contributed by atoms with Gasteiger partial charge in [-0.3, -0.25) is 4.79 Å². The Kier molecular flexibility index (Phi) is 4.91. The molecule has 5 nitrogen and oxygen atoms in total. The zero-order chi connectivity index (χ0) is 20.0. The summed E-state index contributed by atoms with van der Waals surface area (Å²) in [6.45, 7) is 0.900. The van der Waals surface area contributed by atoms with Crippen molar-refractivity contribution in [2.24, 2.45) is 5.73 Å². The molecule has 0 aliphatic carbocycles. The van der Waals surface area contributed by atoms with Crippen LogP contribution in [0.25, 0.3) is 0 Å². The molecule has 0 bridgehead atoms. The van der Waals surface area contributed by atoms with Gasteiger partial charge in [-0.2, -0.15) is 26.3 Å². The minimum atomic E-state index is -4.97. The Morgan fingerprint density at radius 3 is 2.26 bits per heavy atom. The molecule has 1 saturated heterocycles. The maximum Gasteiger partial charge on any atom is 0.418 e. The van der Waals surface area contributed by atoms with Gasteiger partial charge in [0.2, 0.25) is 5.91 Å². The summed E-state index contributed by atoms with van der Waals surface area (Å²) < 4.78 is 78.4. The van der Waals surface area contributed by atoms with Crippen molar-refractivity contribution >= 4 is 17.3 Å². The largest absolute Gasteiger partial charge is 0.418 e. The zero-order valence-corrected chi connectivity index (χ0v) is 14.0. The molecule has 1 aromatic carbocycles. The lowest BCUT2D eigenvalue weighted by Gasteiger charge is -2.31. The standard InChI is InChI=1S/C16H18F6N4O/c17-15(18,19)8-5-10(16(20,21)22)14-11(6-8)24-12(25-14)7-13(27)26-3-1-9(23)2-4-26/h5-6,9,12,24-25H,1-4,7,23H2. The van der Waals surface area contributed by atoms with E-state index >= 15 is 0 Å². The van der Waals surface area contributed by atoms with Crippen molar-refractivity contribution in [1.29, 1.82) is 0 Å². The van der Waals surface area contributed by atoms with Crippen LogP contribution in [-0.2, 0) is 17.1 Å². The van der Waals surface area contributed by atoms with E-state index in [-0.39, 0.29) is 30.1 Å².